The number of aliphatic hydroxyl groups excluding tert-OH is 2. The molecule has 0 saturated carbocycles. The number of nitrogens with one attached hydrogen (secondary N) is 2. The molecule has 0 bridgehead atoms. The van der Waals surface area contributed by atoms with E-state index >= 15 is 0 Å². The van der Waals surface area contributed by atoms with E-state index in [0.29, 0.717) is 5.75 Å². The van der Waals surface area contributed by atoms with Crippen LogP contribution in [0.2, 0.25) is 0 Å². The van der Waals surface area contributed by atoms with E-state index < -0.39 is 35.8 Å². The third-order valence-electron chi connectivity index (χ3n) is 3.53. The molecule has 1 saturated heterocycles. The Balaban J connectivity index is 1.56. The van der Waals surface area contributed by atoms with E-state index in [2.05, 4.69) is 10.7 Å². The van der Waals surface area contributed by atoms with Crippen LogP contribution in [0.5, 0.6) is 5.75 Å². The first-order valence-electron chi connectivity index (χ1n) is 7.34. The zero-order valence-corrected chi connectivity index (χ0v) is 12.8. The first kappa shape index (κ1) is 17.3. The van der Waals surface area contributed by atoms with E-state index in [1.165, 1.54) is 0 Å². The Bertz CT molecular complexity index is 809. The lowest BCUT2D eigenvalue weighted by Gasteiger charge is -2.15. The number of rotatable bonds is 6. The highest BCUT2D eigenvalue weighted by atomic mass is 16.9. The predicted octanol–water partition coefficient (Wildman–Crippen LogP) is -1.93. The summed E-state index contributed by atoms with van der Waals surface area (Å²) in [5.74, 6) is 0.511. The molecule has 4 N–H and O–H groups in total. The van der Waals surface area contributed by atoms with Gasteiger partial charge in [-0.2, -0.15) is 9.78 Å². The summed E-state index contributed by atoms with van der Waals surface area (Å²) in [6.07, 6.45) is -4.11. The lowest BCUT2D eigenvalue weighted by Crippen LogP contribution is -2.39. The molecule has 1 aliphatic heterocycles. The molecule has 1 fully saturated rings. The van der Waals surface area contributed by atoms with Crippen molar-refractivity contribution in [3.8, 4) is 5.75 Å². The van der Waals surface area contributed by atoms with Gasteiger partial charge in [0.2, 0.25) is 0 Å². The van der Waals surface area contributed by atoms with Crippen LogP contribution in [0.1, 0.15) is 6.23 Å². The fourth-order valence-corrected chi connectivity index (χ4v) is 2.29. The SMILES string of the molecule is O=c1cnn(C2OC(CONOc3ccccc3)[C@@H](O)[C@H]2O)c(=O)[nH]1. The summed E-state index contributed by atoms with van der Waals surface area (Å²) < 4.78 is 6.14. The van der Waals surface area contributed by atoms with Crippen molar-refractivity contribution in [2.75, 3.05) is 6.61 Å². The van der Waals surface area contributed by atoms with Crippen molar-refractivity contribution in [3.63, 3.8) is 0 Å². The number of H-pyrrole nitrogens is 1. The largest absolute Gasteiger partial charge is 0.387 e. The smallest absolute Gasteiger partial charge is 0.347 e. The maximum absolute atomic E-state index is 11.7. The molecule has 2 aromatic rings. The summed E-state index contributed by atoms with van der Waals surface area (Å²) >= 11 is 0. The number of aromatic nitrogens is 3. The van der Waals surface area contributed by atoms with Crippen molar-refractivity contribution in [1.82, 2.24) is 20.4 Å². The molecule has 25 heavy (non-hydrogen) atoms. The number of para-hydroxylation sites is 1. The highest BCUT2D eigenvalue weighted by Crippen LogP contribution is 2.27. The second-order valence-electron chi connectivity index (χ2n) is 5.24. The fraction of sp³-hybridized carbons (Fsp3) is 0.357. The molecular formula is C14H16N4O7. The zero-order valence-electron chi connectivity index (χ0n) is 12.8. The number of benzene rings is 1. The van der Waals surface area contributed by atoms with Crippen LogP contribution in [-0.4, -0.2) is 49.9 Å². The summed E-state index contributed by atoms with van der Waals surface area (Å²) in [6.45, 7) is -0.181. The van der Waals surface area contributed by atoms with Gasteiger partial charge in [0.05, 0.1) is 0 Å². The van der Waals surface area contributed by atoms with E-state index in [0.717, 1.165) is 10.9 Å². The molecule has 4 atom stereocenters. The Hall–Kier alpha value is -2.57. The van der Waals surface area contributed by atoms with Crippen LogP contribution < -0.4 is 21.7 Å². The molecule has 0 radical (unpaired) electrons. The summed E-state index contributed by atoms with van der Waals surface area (Å²) in [6, 6.07) is 8.77. The lowest BCUT2D eigenvalue weighted by atomic mass is 10.1. The van der Waals surface area contributed by atoms with Gasteiger partial charge in [-0.3, -0.25) is 14.6 Å². The van der Waals surface area contributed by atoms with E-state index in [-0.39, 0.29) is 6.61 Å². The molecule has 134 valence electrons. The molecule has 1 aromatic carbocycles. The standard InChI is InChI=1S/C14H16N4O7/c19-10-6-15-18(14(22)16-10)13-12(21)11(20)9(24-13)7-23-17-25-8-4-2-1-3-5-8/h1-6,9,11-13,17,20-21H,7H2,(H,16,19,22)/t9?,11-,12-,13?/m1/s1. The Morgan fingerprint density at radius 1 is 1.24 bits per heavy atom. The maximum Gasteiger partial charge on any atom is 0.347 e. The molecule has 11 nitrogen and oxygen atoms in total. The van der Waals surface area contributed by atoms with Gasteiger partial charge >= 0.3 is 5.69 Å². The highest BCUT2D eigenvalue weighted by molar-refractivity contribution is 5.20. The second kappa shape index (κ2) is 7.55. The Morgan fingerprint density at radius 3 is 2.72 bits per heavy atom. The molecule has 11 heteroatoms. The third kappa shape index (κ3) is 3.92. The molecule has 0 amide bonds. The van der Waals surface area contributed by atoms with E-state index in [1.807, 2.05) is 11.1 Å². The third-order valence-corrected chi connectivity index (χ3v) is 3.53. The molecule has 2 unspecified atom stereocenters. The summed E-state index contributed by atoms with van der Waals surface area (Å²) in [7, 11) is 0. The van der Waals surface area contributed by atoms with Gasteiger partial charge in [0.15, 0.2) is 6.23 Å². The minimum atomic E-state index is -1.43. The molecule has 1 aromatic heterocycles. The van der Waals surface area contributed by atoms with Crippen LogP contribution in [0.25, 0.3) is 0 Å². The van der Waals surface area contributed by atoms with Crippen molar-refractivity contribution >= 4 is 0 Å². The van der Waals surface area contributed by atoms with Crippen molar-refractivity contribution in [2.24, 2.45) is 0 Å². The number of hydrogen-bond donors (Lipinski definition) is 4. The van der Waals surface area contributed by atoms with Gasteiger partial charge in [-0.25, -0.2) is 4.79 Å². The van der Waals surface area contributed by atoms with Crippen molar-refractivity contribution in [3.05, 3.63) is 57.4 Å². The Kier molecular flexibility index (Phi) is 5.21. The van der Waals surface area contributed by atoms with E-state index in [4.69, 9.17) is 14.4 Å². The van der Waals surface area contributed by atoms with Crippen LogP contribution in [0.3, 0.4) is 0 Å². The normalized spacial score (nSPS) is 25.8. The quantitative estimate of drug-likeness (QED) is 0.344. The van der Waals surface area contributed by atoms with Gasteiger partial charge in [0.1, 0.15) is 36.9 Å². The predicted molar refractivity (Wildman–Crippen MR) is 81.2 cm³/mol. The van der Waals surface area contributed by atoms with E-state index in [9.17, 15) is 19.8 Å². The fourth-order valence-electron chi connectivity index (χ4n) is 2.29. The summed E-state index contributed by atoms with van der Waals surface area (Å²) in [4.78, 5) is 34.9. The van der Waals surface area contributed by atoms with Crippen molar-refractivity contribution < 1.29 is 24.6 Å². The number of aliphatic hydroxyl groups is 2. The first-order chi connectivity index (χ1) is 12.1. The lowest BCUT2D eigenvalue weighted by molar-refractivity contribution is -0.151. The number of ether oxygens (including phenoxy) is 1. The second-order valence-corrected chi connectivity index (χ2v) is 5.24. The first-order valence-corrected chi connectivity index (χ1v) is 7.34. The van der Waals surface area contributed by atoms with Crippen molar-refractivity contribution in [1.29, 1.82) is 0 Å². The Labute approximate surface area is 140 Å². The van der Waals surface area contributed by atoms with Crippen LogP contribution >= 0.6 is 0 Å². The summed E-state index contributed by atoms with van der Waals surface area (Å²) in [5.41, 5.74) is 0.684. The highest BCUT2D eigenvalue weighted by Gasteiger charge is 2.45. The van der Waals surface area contributed by atoms with Crippen molar-refractivity contribution in [2.45, 2.75) is 24.5 Å². The summed E-state index contributed by atoms with van der Waals surface area (Å²) in [5, 5.41) is 23.6. The van der Waals surface area contributed by atoms with Crippen LogP contribution in [0.15, 0.2) is 46.1 Å². The maximum atomic E-state index is 11.7. The molecule has 2 heterocycles. The van der Waals surface area contributed by atoms with Gasteiger partial charge in [-0.05, 0) is 17.8 Å². The molecular weight excluding hydrogens is 336 g/mol. The number of hydrogen-bond acceptors (Lipinski definition) is 9. The monoisotopic (exact) mass is 352 g/mol. The molecule has 3 rings (SSSR count). The van der Waals surface area contributed by atoms with Crippen LogP contribution in [-0.2, 0) is 9.57 Å². The topological polar surface area (TPSA) is 148 Å². The van der Waals surface area contributed by atoms with Gasteiger partial charge < -0.3 is 19.8 Å². The van der Waals surface area contributed by atoms with E-state index in [1.54, 1.807) is 24.3 Å². The minimum Gasteiger partial charge on any atom is -0.387 e. The molecule has 1 aliphatic rings. The zero-order chi connectivity index (χ0) is 17.8. The van der Waals surface area contributed by atoms with Crippen LogP contribution in [0, 0.1) is 0 Å². The van der Waals surface area contributed by atoms with Gasteiger partial charge in [-0.15, -0.1) is 0 Å². The minimum absolute atomic E-state index is 0.181. The van der Waals surface area contributed by atoms with Gasteiger partial charge in [0.25, 0.3) is 5.56 Å². The average Bonchev–Trinajstić information content (AvgIpc) is 2.88. The number of aromatic amines is 1. The molecule has 0 aliphatic carbocycles. The van der Waals surface area contributed by atoms with Crippen LogP contribution in [0.4, 0.5) is 0 Å². The average molecular weight is 352 g/mol. The van der Waals surface area contributed by atoms with Gasteiger partial charge in [0, 0.05) is 0 Å². The molecule has 0 spiro atoms. The Morgan fingerprint density at radius 2 is 2.00 bits per heavy atom. The van der Waals surface area contributed by atoms with Gasteiger partial charge in [-0.1, -0.05) is 18.2 Å². The number of nitrogens with zero attached hydrogens (tertiary/aromatic N) is 2.